The van der Waals surface area contributed by atoms with Crippen LogP contribution in [-0.4, -0.2) is 22.8 Å². The molecule has 0 bridgehead atoms. The van der Waals surface area contributed by atoms with Gasteiger partial charge in [-0.15, -0.1) is 0 Å². The van der Waals surface area contributed by atoms with Crippen molar-refractivity contribution >= 4 is 29.1 Å². The topological polar surface area (TPSA) is 71.1 Å². The summed E-state index contributed by atoms with van der Waals surface area (Å²) in [5.74, 6) is -0.574. The number of rotatable bonds is 4. The molecule has 0 radical (unpaired) electrons. The lowest BCUT2D eigenvalue weighted by molar-refractivity contribution is 0.0933. The van der Waals surface area contributed by atoms with Crippen LogP contribution < -0.4 is 10.6 Å². The van der Waals surface area contributed by atoms with E-state index in [-0.39, 0.29) is 23.6 Å². The number of anilines is 1. The molecule has 1 aromatic carbocycles. The second kappa shape index (κ2) is 7.45. The number of carbonyl (C=O) groups is 2. The first kappa shape index (κ1) is 16.5. The van der Waals surface area contributed by atoms with Crippen LogP contribution in [0, 0.1) is 0 Å². The van der Waals surface area contributed by atoms with Crippen LogP contribution in [0.3, 0.4) is 0 Å². The lowest BCUT2D eigenvalue weighted by Gasteiger charge is -2.12. The molecule has 24 heavy (non-hydrogen) atoms. The second-order valence-electron chi connectivity index (χ2n) is 5.82. The summed E-state index contributed by atoms with van der Waals surface area (Å²) in [6, 6.07) is 10.3. The molecule has 0 spiro atoms. The molecule has 124 valence electrons. The SMILES string of the molecule is O=C(Nc1ccccc1Cl)c1ccnc(C(=O)NC2CCCC2)c1. The van der Waals surface area contributed by atoms with E-state index < -0.39 is 0 Å². The molecule has 1 aliphatic carbocycles. The predicted octanol–water partition coefficient (Wildman–Crippen LogP) is 3.66. The zero-order valence-corrected chi connectivity index (χ0v) is 13.8. The van der Waals surface area contributed by atoms with E-state index >= 15 is 0 Å². The van der Waals surface area contributed by atoms with Gasteiger partial charge in [0.15, 0.2) is 0 Å². The minimum absolute atomic E-state index is 0.208. The van der Waals surface area contributed by atoms with Crippen LogP contribution in [-0.2, 0) is 0 Å². The van der Waals surface area contributed by atoms with Crippen molar-refractivity contribution in [3.8, 4) is 0 Å². The molecule has 0 unspecified atom stereocenters. The number of amides is 2. The third-order valence-corrected chi connectivity index (χ3v) is 4.40. The number of hydrogen-bond acceptors (Lipinski definition) is 3. The van der Waals surface area contributed by atoms with Crippen molar-refractivity contribution in [1.82, 2.24) is 10.3 Å². The first-order chi connectivity index (χ1) is 11.6. The molecule has 1 saturated carbocycles. The third-order valence-electron chi connectivity index (χ3n) is 4.07. The molecule has 2 N–H and O–H groups in total. The standard InChI is InChI=1S/C18H18ClN3O2/c19-14-7-3-4-8-15(14)22-17(23)12-9-10-20-16(11-12)18(24)21-13-5-1-2-6-13/h3-4,7-11,13H,1-2,5-6H2,(H,21,24)(H,22,23). The minimum atomic E-state index is -0.333. The molecule has 3 rings (SSSR count). The number of hydrogen-bond donors (Lipinski definition) is 2. The Bertz CT molecular complexity index is 757. The molecule has 1 aromatic heterocycles. The zero-order chi connectivity index (χ0) is 16.9. The van der Waals surface area contributed by atoms with Crippen LogP contribution in [0.4, 0.5) is 5.69 Å². The summed E-state index contributed by atoms with van der Waals surface area (Å²) in [6.07, 6.45) is 5.74. The Labute approximate surface area is 145 Å². The van der Waals surface area contributed by atoms with Crippen LogP contribution in [0.1, 0.15) is 46.5 Å². The fraction of sp³-hybridized carbons (Fsp3) is 0.278. The summed E-state index contributed by atoms with van der Waals surface area (Å²) in [5.41, 5.74) is 1.13. The van der Waals surface area contributed by atoms with Gasteiger partial charge in [-0.3, -0.25) is 14.6 Å². The van der Waals surface area contributed by atoms with Crippen molar-refractivity contribution in [2.75, 3.05) is 5.32 Å². The van der Waals surface area contributed by atoms with E-state index in [1.807, 2.05) is 0 Å². The van der Waals surface area contributed by atoms with Gasteiger partial charge in [-0.05, 0) is 37.1 Å². The molecule has 0 aliphatic heterocycles. The Hall–Kier alpha value is -2.40. The van der Waals surface area contributed by atoms with Crippen LogP contribution in [0.15, 0.2) is 42.6 Å². The highest BCUT2D eigenvalue weighted by Gasteiger charge is 2.19. The molecule has 0 atom stereocenters. The third kappa shape index (κ3) is 3.92. The maximum atomic E-state index is 12.4. The normalized spacial score (nSPS) is 14.4. The summed E-state index contributed by atoms with van der Waals surface area (Å²) in [7, 11) is 0. The van der Waals surface area contributed by atoms with E-state index in [4.69, 9.17) is 11.6 Å². The molecule has 6 heteroatoms. The number of nitrogens with one attached hydrogen (secondary N) is 2. The average molecular weight is 344 g/mol. The summed E-state index contributed by atoms with van der Waals surface area (Å²) in [4.78, 5) is 28.7. The monoisotopic (exact) mass is 343 g/mol. The minimum Gasteiger partial charge on any atom is -0.348 e. The van der Waals surface area contributed by atoms with Crippen molar-refractivity contribution in [2.24, 2.45) is 0 Å². The number of aromatic nitrogens is 1. The highest BCUT2D eigenvalue weighted by molar-refractivity contribution is 6.33. The fourth-order valence-electron chi connectivity index (χ4n) is 2.78. The summed E-state index contributed by atoms with van der Waals surface area (Å²) < 4.78 is 0. The summed E-state index contributed by atoms with van der Waals surface area (Å²) in [6.45, 7) is 0. The Morgan fingerprint density at radius 2 is 1.83 bits per heavy atom. The van der Waals surface area contributed by atoms with Crippen molar-refractivity contribution in [3.63, 3.8) is 0 Å². The summed E-state index contributed by atoms with van der Waals surface area (Å²) in [5, 5.41) is 6.16. The van der Waals surface area contributed by atoms with Crippen LogP contribution >= 0.6 is 11.6 Å². The first-order valence-corrected chi connectivity index (χ1v) is 8.34. The van der Waals surface area contributed by atoms with Gasteiger partial charge in [0.1, 0.15) is 5.69 Å². The number of para-hydroxylation sites is 1. The van der Waals surface area contributed by atoms with Gasteiger partial charge in [-0.1, -0.05) is 36.6 Å². The Kier molecular flexibility index (Phi) is 5.11. The number of benzene rings is 1. The van der Waals surface area contributed by atoms with Crippen LogP contribution in [0.2, 0.25) is 5.02 Å². The summed E-state index contributed by atoms with van der Waals surface area (Å²) >= 11 is 6.04. The molecule has 0 saturated heterocycles. The highest BCUT2D eigenvalue weighted by Crippen LogP contribution is 2.21. The second-order valence-corrected chi connectivity index (χ2v) is 6.23. The van der Waals surface area contributed by atoms with Crippen molar-refractivity contribution in [2.45, 2.75) is 31.7 Å². The van der Waals surface area contributed by atoms with Crippen molar-refractivity contribution in [1.29, 1.82) is 0 Å². The van der Waals surface area contributed by atoms with Gasteiger partial charge in [0.2, 0.25) is 0 Å². The van der Waals surface area contributed by atoms with E-state index in [1.54, 1.807) is 30.3 Å². The van der Waals surface area contributed by atoms with Gasteiger partial charge in [0.05, 0.1) is 10.7 Å². The van der Waals surface area contributed by atoms with Gasteiger partial charge in [-0.25, -0.2) is 0 Å². The van der Waals surface area contributed by atoms with Crippen molar-refractivity contribution in [3.05, 3.63) is 58.9 Å². The maximum Gasteiger partial charge on any atom is 0.270 e. The van der Waals surface area contributed by atoms with Gasteiger partial charge in [0.25, 0.3) is 11.8 Å². The molecule has 1 fully saturated rings. The molecule has 2 aromatic rings. The molecule has 1 heterocycles. The van der Waals surface area contributed by atoms with Gasteiger partial charge in [0, 0.05) is 17.8 Å². The number of pyridine rings is 1. The Morgan fingerprint density at radius 3 is 2.58 bits per heavy atom. The van der Waals surface area contributed by atoms with Gasteiger partial charge >= 0.3 is 0 Å². The van der Waals surface area contributed by atoms with Crippen LogP contribution in [0.25, 0.3) is 0 Å². The van der Waals surface area contributed by atoms with E-state index in [0.29, 0.717) is 16.3 Å². The van der Waals surface area contributed by atoms with E-state index in [0.717, 1.165) is 25.7 Å². The smallest absolute Gasteiger partial charge is 0.270 e. The maximum absolute atomic E-state index is 12.4. The lowest BCUT2D eigenvalue weighted by Crippen LogP contribution is -2.33. The Morgan fingerprint density at radius 1 is 1.08 bits per heavy atom. The zero-order valence-electron chi connectivity index (χ0n) is 13.1. The van der Waals surface area contributed by atoms with E-state index in [2.05, 4.69) is 15.6 Å². The quantitative estimate of drug-likeness (QED) is 0.890. The first-order valence-electron chi connectivity index (χ1n) is 7.96. The molecule has 5 nitrogen and oxygen atoms in total. The van der Waals surface area contributed by atoms with Crippen LogP contribution in [0.5, 0.6) is 0 Å². The molecular weight excluding hydrogens is 326 g/mol. The molecule has 2 amide bonds. The number of carbonyl (C=O) groups excluding carboxylic acids is 2. The number of nitrogens with zero attached hydrogens (tertiary/aromatic N) is 1. The van der Waals surface area contributed by atoms with Gasteiger partial charge in [-0.2, -0.15) is 0 Å². The average Bonchev–Trinajstić information content (AvgIpc) is 3.10. The molecular formula is C18H18ClN3O2. The predicted molar refractivity (Wildman–Crippen MR) is 93.4 cm³/mol. The lowest BCUT2D eigenvalue weighted by atomic mass is 10.2. The fourth-order valence-corrected chi connectivity index (χ4v) is 2.97. The van der Waals surface area contributed by atoms with E-state index in [1.165, 1.54) is 12.3 Å². The molecule has 1 aliphatic rings. The van der Waals surface area contributed by atoms with Crippen molar-refractivity contribution < 1.29 is 9.59 Å². The van der Waals surface area contributed by atoms with E-state index in [9.17, 15) is 9.59 Å². The van der Waals surface area contributed by atoms with Gasteiger partial charge < -0.3 is 10.6 Å². The Balaban J connectivity index is 1.71. The largest absolute Gasteiger partial charge is 0.348 e. The number of halogens is 1. The highest BCUT2D eigenvalue weighted by atomic mass is 35.5.